The van der Waals surface area contributed by atoms with Crippen molar-refractivity contribution in [1.29, 1.82) is 0 Å². The molecule has 3 nitrogen and oxygen atoms in total. The number of hydrogen-bond donors (Lipinski definition) is 0. The molecule has 2 rings (SSSR count). The fraction of sp³-hybridized carbons (Fsp3) is 0.533. The standard InChI is InChI=1S/C15H21NO2/c1-3-12(2)15(17)16(14-9-10-18-11-14)13-7-5-4-6-8-13/h4-8,12,14H,3,9-11H2,1-2H3/t12-,14-/m0/s1. The van der Waals surface area contributed by atoms with Gasteiger partial charge in [-0.25, -0.2) is 0 Å². The van der Waals surface area contributed by atoms with Crippen molar-refractivity contribution < 1.29 is 9.53 Å². The third-order valence-electron chi connectivity index (χ3n) is 3.58. The van der Waals surface area contributed by atoms with E-state index in [4.69, 9.17) is 4.74 Å². The molecule has 0 N–H and O–H groups in total. The van der Waals surface area contributed by atoms with Crippen LogP contribution in [0, 0.1) is 5.92 Å². The van der Waals surface area contributed by atoms with Gasteiger partial charge < -0.3 is 9.64 Å². The minimum absolute atomic E-state index is 0.0609. The number of hydrogen-bond acceptors (Lipinski definition) is 2. The van der Waals surface area contributed by atoms with E-state index in [1.165, 1.54) is 0 Å². The molecule has 2 atom stereocenters. The number of rotatable bonds is 4. The van der Waals surface area contributed by atoms with E-state index in [0.717, 1.165) is 25.1 Å². The van der Waals surface area contributed by atoms with Crippen LogP contribution < -0.4 is 4.90 Å². The van der Waals surface area contributed by atoms with Gasteiger partial charge >= 0.3 is 0 Å². The van der Waals surface area contributed by atoms with Crippen LogP contribution in [0.5, 0.6) is 0 Å². The van der Waals surface area contributed by atoms with Crippen molar-refractivity contribution in [3.8, 4) is 0 Å². The van der Waals surface area contributed by atoms with Crippen molar-refractivity contribution in [1.82, 2.24) is 0 Å². The highest BCUT2D eigenvalue weighted by Gasteiger charge is 2.30. The van der Waals surface area contributed by atoms with Gasteiger partial charge in [0, 0.05) is 18.2 Å². The van der Waals surface area contributed by atoms with E-state index >= 15 is 0 Å². The lowest BCUT2D eigenvalue weighted by molar-refractivity contribution is -0.122. The highest BCUT2D eigenvalue weighted by Crippen LogP contribution is 2.24. The number of carbonyl (C=O) groups excluding carboxylic acids is 1. The third kappa shape index (κ3) is 2.72. The summed E-state index contributed by atoms with van der Waals surface area (Å²) < 4.78 is 5.43. The van der Waals surface area contributed by atoms with Crippen LogP contribution in [0.3, 0.4) is 0 Å². The number of anilines is 1. The Labute approximate surface area is 109 Å². The van der Waals surface area contributed by atoms with E-state index in [9.17, 15) is 4.79 Å². The smallest absolute Gasteiger partial charge is 0.230 e. The summed E-state index contributed by atoms with van der Waals surface area (Å²) in [4.78, 5) is 14.5. The summed E-state index contributed by atoms with van der Waals surface area (Å²) in [5, 5.41) is 0. The Kier molecular flexibility index (Phi) is 4.37. The Morgan fingerprint density at radius 2 is 2.17 bits per heavy atom. The summed E-state index contributed by atoms with van der Waals surface area (Å²) in [5.41, 5.74) is 0.985. The first kappa shape index (κ1) is 13.1. The molecule has 0 unspecified atom stereocenters. The van der Waals surface area contributed by atoms with Gasteiger partial charge in [-0.15, -0.1) is 0 Å². The molecule has 3 heteroatoms. The minimum Gasteiger partial charge on any atom is -0.379 e. The van der Waals surface area contributed by atoms with Crippen LogP contribution in [0.1, 0.15) is 26.7 Å². The molecule has 0 bridgehead atoms. The highest BCUT2D eigenvalue weighted by molar-refractivity contribution is 5.95. The summed E-state index contributed by atoms with van der Waals surface area (Å²) in [6.07, 6.45) is 1.80. The fourth-order valence-electron chi connectivity index (χ4n) is 2.24. The molecule has 0 spiro atoms. The normalized spacial score (nSPS) is 20.7. The molecule has 0 radical (unpaired) electrons. The second kappa shape index (κ2) is 6.01. The van der Waals surface area contributed by atoms with Gasteiger partial charge in [0.25, 0.3) is 0 Å². The minimum atomic E-state index is 0.0609. The van der Waals surface area contributed by atoms with Crippen molar-refractivity contribution in [3.63, 3.8) is 0 Å². The van der Waals surface area contributed by atoms with Gasteiger partial charge in [-0.2, -0.15) is 0 Å². The predicted molar refractivity (Wildman–Crippen MR) is 72.6 cm³/mol. The lowest BCUT2D eigenvalue weighted by Gasteiger charge is -2.30. The molecule has 1 aliphatic rings. The van der Waals surface area contributed by atoms with E-state index in [1.54, 1.807) is 0 Å². The number of benzene rings is 1. The van der Waals surface area contributed by atoms with Crippen molar-refractivity contribution in [3.05, 3.63) is 30.3 Å². The van der Waals surface area contributed by atoms with Crippen LogP contribution in [0.2, 0.25) is 0 Å². The van der Waals surface area contributed by atoms with Crippen LogP contribution in [-0.4, -0.2) is 25.2 Å². The summed E-state index contributed by atoms with van der Waals surface area (Å²) in [7, 11) is 0. The number of para-hydroxylation sites is 1. The second-order valence-electron chi connectivity index (χ2n) is 4.87. The highest BCUT2D eigenvalue weighted by atomic mass is 16.5. The number of nitrogens with zero attached hydrogens (tertiary/aromatic N) is 1. The van der Waals surface area contributed by atoms with Crippen LogP contribution >= 0.6 is 0 Å². The third-order valence-corrected chi connectivity index (χ3v) is 3.58. The SMILES string of the molecule is CC[C@H](C)C(=O)N(c1ccccc1)[C@H]1CCOC1. The molecule has 1 aromatic rings. The quantitative estimate of drug-likeness (QED) is 0.818. The topological polar surface area (TPSA) is 29.5 Å². The molecule has 0 saturated carbocycles. The Bertz CT molecular complexity index is 385. The van der Waals surface area contributed by atoms with E-state index in [2.05, 4.69) is 6.92 Å². The van der Waals surface area contributed by atoms with E-state index in [-0.39, 0.29) is 17.9 Å². The average molecular weight is 247 g/mol. The first-order valence-electron chi connectivity index (χ1n) is 6.70. The zero-order valence-corrected chi connectivity index (χ0v) is 11.1. The largest absolute Gasteiger partial charge is 0.379 e. The predicted octanol–water partition coefficient (Wildman–Crippen LogP) is 2.85. The zero-order valence-electron chi connectivity index (χ0n) is 11.1. The van der Waals surface area contributed by atoms with Gasteiger partial charge in [-0.05, 0) is 25.0 Å². The molecule has 98 valence electrons. The molecule has 1 fully saturated rings. The number of carbonyl (C=O) groups is 1. The Morgan fingerprint density at radius 1 is 1.44 bits per heavy atom. The van der Waals surface area contributed by atoms with Gasteiger partial charge in [-0.1, -0.05) is 32.0 Å². The molecule has 0 aromatic heterocycles. The first-order valence-corrected chi connectivity index (χ1v) is 6.70. The van der Waals surface area contributed by atoms with Gasteiger partial charge in [0.1, 0.15) is 0 Å². The van der Waals surface area contributed by atoms with E-state index in [0.29, 0.717) is 6.61 Å². The summed E-state index contributed by atoms with van der Waals surface area (Å²) >= 11 is 0. The fourth-order valence-corrected chi connectivity index (χ4v) is 2.24. The summed E-state index contributed by atoms with van der Waals surface area (Å²) in [6, 6.07) is 10.1. The summed E-state index contributed by atoms with van der Waals surface area (Å²) in [6.45, 7) is 5.45. The Balaban J connectivity index is 2.25. The van der Waals surface area contributed by atoms with Gasteiger partial charge in [0.2, 0.25) is 5.91 Å². The molecule has 1 saturated heterocycles. The van der Waals surface area contributed by atoms with Crippen LogP contribution in [-0.2, 0) is 9.53 Å². The monoisotopic (exact) mass is 247 g/mol. The van der Waals surface area contributed by atoms with E-state index < -0.39 is 0 Å². The first-order chi connectivity index (χ1) is 8.74. The zero-order chi connectivity index (χ0) is 13.0. The Morgan fingerprint density at radius 3 is 2.72 bits per heavy atom. The maximum Gasteiger partial charge on any atom is 0.230 e. The summed E-state index contributed by atoms with van der Waals surface area (Å²) in [5.74, 6) is 0.269. The molecule has 1 amide bonds. The van der Waals surface area contributed by atoms with Gasteiger partial charge in [-0.3, -0.25) is 4.79 Å². The molecular formula is C15H21NO2. The lowest BCUT2D eigenvalue weighted by atomic mass is 10.0. The molecule has 18 heavy (non-hydrogen) atoms. The number of amides is 1. The molecular weight excluding hydrogens is 226 g/mol. The van der Waals surface area contributed by atoms with Gasteiger partial charge in [0.15, 0.2) is 0 Å². The van der Waals surface area contributed by atoms with Crippen molar-refractivity contribution in [2.45, 2.75) is 32.7 Å². The second-order valence-corrected chi connectivity index (χ2v) is 4.87. The average Bonchev–Trinajstić information content (AvgIpc) is 2.93. The van der Waals surface area contributed by atoms with Crippen molar-refractivity contribution >= 4 is 11.6 Å². The maximum atomic E-state index is 12.5. The Hall–Kier alpha value is -1.35. The molecule has 0 aliphatic carbocycles. The van der Waals surface area contributed by atoms with Crippen LogP contribution in [0.4, 0.5) is 5.69 Å². The van der Waals surface area contributed by atoms with E-state index in [1.807, 2.05) is 42.2 Å². The van der Waals surface area contributed by atoms with Crippen LogP contribution in [0.25, 0.3) is 0 Å². The molecule has 1 aromatic carbocycles. The molecule has 1 aliphatic heterocycles. The van der Waals surface area contributed by atoms with Crippen molar-refractivity contribution in [2.75, 3.05) is 18.1 Å². The number of ether oxygens (including phenoxy) is 1. The molecule has 1 heterocycles. The van der Waals surface area contributed by atoms with Gasteiger partial charge in [0.05, 0.1) is 12.6 Å². The lowest BCUT2D eigenvalue weighted by Crippen LogP contribution is -2.43. The van der Waals surface area contributed by atoms with Crippen LogP contribution in [0.15, 0.2) is 30.3 Å². The maximum absolute atomic E-state index is 12.5. The van der Waals surface area contributed by atoms with Crippen molar-refractivity contribution in [2.24, 2.45) is 5.92 Å².